The van der Waals surface area contributed by atoms with Crippen LogP contribution in [-0.4, -0.2) is 20.5 Å². The highest BCUT2D eigenvalue weighted by atomic mass is 127. The van der Waals surface area contributed by atoms with Crippen molar-refractivity contribution in [1.82, 2.24) is 0 Å². The van der Waals surface area contributed by atoms with E-state index in [1.165, 1.54) is 5.75 Å². The Kier molecular flexibility index (Phi) is 7.14. The Morgan fingerprint density at radius 2 is 2.00 bits per heavy atom. The minimum absolute atomic E-state index is 0.777. The molecule has 0 aromatic rings. The molecule has 0 aliphatic rings. The first kappa shape index (κ1) is 10.4. The van der Waals surface area contributed by atoms with Crippen LogP contribution in [0.4, 0.5) is 0 Å². The van der Waals surface area contributed by atoms with Crippen LogP contribution in [0.1, 0.15) is 13.8 Å². The summed E-state index contributed by atoms with van der Waals surface area (Å²) in [6.45, 7) is 4.49. The zero-order valence-corrected chi connectivity index (χ0v) is 9.85. The standard InChI is InChI=1S/C6H13IS2/c1-5(2)9-6(7)4-8-3/h5-6H,4H2,1-3H3. The maximum absolute atomic E-state index is 2.50. The van der Waals surface area contributed by atoms with Crippen molar-refractivity contribution in [3.05, 3.63) is 0 Å². The molecule has 0 N–H and O–H groups in total. The van der Waals surface area contributed by atoms with Crippen molar-refractivity contribution in [2.24, 2.45) is 0 Å². The summed E-state index contributed by atoms with van der Waals surface area (Å²) in [5.41, 5.74) is 0. The van der Waals surface area contributed by atoms with Gasteiger partial charge in [-0.05, 0) is 6.26 Å². The SMILES string of the molecule is CSCC(I)SC(C)C. The van der Waals surface area contributed by atoms with Gasteiger partial charge in [0.2, 0.25) is 0 Å². The largest absolute Gasteiger partial charge is 0.163 e. The molecule has 0 aromatic heterocycles. The number of halogens is 1. The molecule has 9 heavy (non-hydrogen) atoms. The number of hydrogen-bond acceptors (Lipinski definition) is 2. The van der Waals surface area contributed by atoms with Crippen LogP contribution in [0, 0.1) is 0 Å². The van der Waals surface area contributed by atoms with E-state index < -0.39 is 0 Å². The van der Waals surface area contributed by atoms with Gasteiger partial charge in [0.15, 0.2) is 0 Å². The Balaban J connectivity index is 3.15. The third-order valence-electron chi connectivity index (χ3n) is 0.718. The van der Waals surface area contributed by atoms with Gasteiger partial charge in [-0.25, -0.2) is 0 Å². The van der Waals surface area contributed by atoms with Crippen LogP contribution in [0.15, 0.2) is 0 Å². The fraction of sp³-hybridized carbons (Fsp3) is 1.00. The Hall–Kier alpha value is 1.43. The van der Waals surface area contributed by atoms with Gasteiger partial charge in [-0.3, -0.25) is 0 Å². The molecular formula is C6H13IS2. The number of hydrogen-bond donors (Lipinski definition) is 0. The summed E-state index contributed by atoms with van der Waals surface area (Å²) in [7, 11) is 0. The van der Waals surface area contributed by atoms with E-state index in [0.29, 0.717) is 0 Å². The highest BCUT2D eigenvalue weighted by Gasteiger charge is 2.04. The Bertz CT molecular complexity index is 66.1. The fourth-order valence-corrected chi connectivity index (χ4v) is 4.88. The van der Waals surface area contributed by atoms with E-state index in [-0.39, 0.29) is 0 Å². The molecular weight excluding hydrogens is 263 g/mol. The van der Waals surface area contributed by atoms with Crippen LogP contribution in [0.2, 0.25) is 0 Å². The van der Waals surface area contributed by atoms with Crippen LogP contribution < -0.4 is 0 Å². The Morgan fingerprint density at radius 1 is 1.44 bits per heavy atom. The lowest BCUT2D eigenvalue weighted by Crippen LogP contribution is -1.99. The van der Waals surface area contributed by atoms with E-state index in [2.05, 4.69) is 42.7 Å². The average molecular weight is 276 g/mol. The summed E-state index contributed by atoms with van der Waals surface area (Å²) in [6.07, 6.45) is 2.16. The van der Waals surface area contributed by atoms with Gasteiger partial charge in [0, 0.05) is 11.0 Å². The molecule has 0 fully saturated rings. The first-order valence-electron chi connectivity index (χ1n) is 2.95. The van der Waals surface area contributed by atoms with Gasteiger partial charge in [-0.15, -0.1) is 11.8 Å². The van der Waals surface area contributed by atoms with Crippen LogP contribution in [0.3, 0.4) is 0 Å². The minimum atomic E-state index is 0.777. The second kappa shape index (κ2) is 6.16. The summed E-state index contributed by atoms with van der Waals surface area (Å²) in [5, 5.41) is 0.777. The predicted molar refractivity (Wildman–Crippen MR) is 58.9 cm³/mol. The summed E-state index contributed by atoms with van der Waals surface area (Å²) in [5.74, 6) is 1.27. The molecule has 1 atom stereocenters. The number of alkyl halides is 1. The predicted octanol–water partition coefficient (Wildman–Crippen LogP) is 3.25. The summed E-state index contributed by atoms with van der Waals surface area (Å²) < 4.78 is 0.789. The first-order valence-corrected chi connectivity index (χ1v) is 6.53. The molecule has 0 nitrogen and oxygen atoms in total. The second-order valence-electron chi connectivity index (χ2n) is 2.05. The van der Waals surface area contributed by atoms with E-state index in [9.17, 15) is 0 Å². The normalized spacial score (nSPS) is 14.3. The molecule has 0 radical (unpaired) electrons. The van der Waals surface area contributed by atoms with Gasteiger partial charge in [-0.1, -0.05) is 36.4 Å². The van der Waals surface area contributed by atoms with E-state index in [4.69, 9.17) is 0 Å². The molecule has 0 spiro atoms. The van der Waals surface area contributed by atoms with Gasteiger partial charge in [-0.2, -0.15) is 11.8 Å². The molecule has 0 bridgehead atoms. The van der Waals surface area contributed by atoms with Crippen molar-refractivity contribution in [3.8, 4) is 0 Å². The molecule has 0 amide bonds. The van der Waals surface area contributed by atoms with Crippen LogP contribution >= 0.6 is 46.1 Å². The molecule has 0 aromatic carbocycles. The van der Waals surface area contributed by atoms with E-state index >= 15 is 0 Å². The molecule has 0 saturated carbocycles. The smallest absolute Gasteiger partial charge is 0.0657 e. The Labute approximate surface area is 80.1 Å². The van der Waals surface area contributed by atoms with Gasteiger partial charge in [0.25, 0.3) is 0 Å². The molecule has 3 heteroatoms. The lowest BCUT2D eigenvalue weighted by atomic mass is 10.6. The van der Waals surface area contributed by atoms with Gasteiger partial charge >= 0.3 is 0 Å². The molecule has 56 valence electrons. The van der Waals surface area contributed by atoms with Crippen molar-refractivity contribution in [2.75, 3.05) is 12.0 Å². The minimum Gasteiger partial charge on any atom is -0.163 e. The molecule has 0 rings (SSSR count). The summed E-state index contributed by atoms with van der Waals surface area (Å²) in [4.78, 5) is 0. The maximum atomic E-state index is 2.50. The molecule has 0 heterocycles. The summed E-state index contributed by atoms with van der Waals surface area (Å²) >= 11 is 6.47. The maximum Gasteiger partial charge on any atom is 0.0657 e. The zero-order valence-electron chi connectivity index (χ0n) is 6.06. The first-order chi connectivity index (χ1) is 4.16. The molecule has 1 unspecified atom stereocenters. The van der Waals surface area contributed by atoms with Crippen LogP contribution in [-0.2, 0) is 0 Å². The zero-order chi connectivity index (χ0) is 7.28. The number of thioether (sulfide) groups is 2. The highest BCUT2D eigenvalue weighted by Crippen LogP contribution is 2.25. The van der Waals surface area contributed by atoms with Crippen molar-refractivity contribution in [1.29, 1.82) is 0 Å². The topological polar surface area (TPSA) is 0 Å². The summed E-state index contributed by atoms with van der Waals surface area (Å²) in [6, 6.07) is 0. The van der Waals surface area contributed by atoms with Crippen molar-refractivity contribution < 1.29 is 0 Å². The van der Waals surface area contributed by atoms with Crippen molar-refractivity contribution in [3.63, 3.8) is 0 Å². The van der Waals surface area contributed by atoms with E-state index in [1.54, 1.807) is 0 Å². The Morgan fingerprint density at radius 3 is 2.33 bits per heavy atom. The lowest BCUT2D eigenvalue weighted by Gasteiger charge is -2.09. The second-order valence-corrected chi connectivity index (χ2v) is 7.09. The van der Waals surface area contributed by atoms with E-state index in [0.717, 1.165) is 8.51 Å². The highest BCUT2D eigenvalue weighted by molar-refractivity contribution is 14.1. The van der Waals surface area contributed by atoms with Crippen molar-refractivity contribution >= 4 is 46.1 Å². The van der Waals surface area contributed by atoms with Crippen molar-refractivity contribution in [2.45, 2.75) is 22.4 Å². The fourth-order valence-electron chi connectivity index (χ4n) is 0.466. The van der Waals surface area contributed by atoms with Gasteiger partial charge in [0.1, 0.15) is 0 Å². The molecule has 0 saturated heterocycles. The van der Waals surface area contributed by atoms with Crippen LogP contribution in [0.5, 0.6) is 0 Å². The lowest BCUT2D eigenvalue weighted by molar-refractivity contribution is 1.11. The molecule has 0 aliphatic carbocycles. The monoisotopic (exact) mass is 276 g/mol. The number of rotatable bonds is 4. The third-order valence-corrected chi connectivity index (χ3v) is 4.52. The van der Waals surface area contributed by atoms with Crippen LogP contribution in [0.25, 0.3) is 0 Å². The van der Waals surface area contributed by atoms with Gasteiger partial charge in [0.05, 0.1) is 3.26 Å². The van der Waals surface area contributed by atoms with Gasteiger partial charge < -0.3 is 0 Å². The average Bonchev–Trinajstić information content (AvgIpc) is 1.63. The third kappa shape index (κ3) is 7.33. The quantitative estimate of drug-likeness (QED) is 0.571. The molecule has 0 aliphatic heterocycles. The van der Waals surface area contributed by atoms with E-state index in [1.807, 2.05) is 23.5 Å².